The summed E-state index contributed by atoms with van der Waals surface area (Å²) < 4.78 is 0. The first-order chi connectivity index (χ1) is 7.58. The molecule has 0 bridgehead atoms. The summed E-state index contributed by atoms with van der Waals surface area (Å²) in [5, 5.41) is 0. The molecule has 0 saturated carbocycles. The molecule has 0 amide bonds. The van der Waals surface area contributed by atoms with Crippen LogP contribution in [0.5, 0.6) is 0 Å². The topological polar surface area (TPSA) is 0 Å². The maximum absolute atomic E-state index is 3.34. The normalized spacial score (nSPS) is 9.69. The molecule has 0 nitrogen and oxygen atoms in total. The van der Waals surface area contributed by atoms with Crippen molar-refractivity contribution in [1.29, 1.82) is 0 Å². The quantitative estimate of drug-likeness (QED) is 0.389. The Bertz CT molecular complexity index is 430. The van der Waals surface area contributed by atoms with Gasteiger partial charge in [0, 0.05) is 18.4 Å². The van der Waals surface area contributed by atoms with E-state index in [0.717, 1.165) is 18.4 Å². The molecule has 0 fully saturated rings. The highest BCUT2D eigenvalue weighted by atomic mass is 28.3. The van der Waals surface area contributed by atoms with Crippen LogP contribution in [0.1, 0.15) is 18.4 Å². The Morgan fingerprint density at radius 1 is 0.938 bits per heavy atom. The Hall–Kier alpha value is -1.44. The van der Waals surface area contributed by atoms with Crippen molar-refractivity contribution in [2.75, 3.05) is 0 Å². The van der Waals surface area contributed by atoms with Crippen molar-refractivity contribution in [1.82, 2.24) is 0 Å². The van der Waals surface area contributed by atoms with Gasteiger partial charge in [-0.1, -0.05) is 49.7 Å². The highest BCUT2D eigenvalue weighted by Gasteiger charge is 2.06. The predicted molar refractivity (Wildman–Crippen MR) is 73.7 cm³/mol. The largest absolute Gasteiger partial charge is 0.132 e. The third kappa shape index (κ3) is 6.12. The Labute approximate surface area is 100 Å². The Kier molecular flexibility index (Phi) is 4.90. The second-order valence-electron chi connectivity index (χ2n) is 4.72. The van der Waals surface area contributed by atoms with Crippen LogP contribution in [0.4, 0.5) is 0 Å². The van der Waals surface area contributed by atoms with Crippen LogP contribution in [0.15, 0.2) is 30.3 Å². The molecule has 1 rings (SSSR count). The zero-order valence-electron chi connectivity index (χ0n) is 10.3. The summed E-state index contributed by atoms with van der Waals surface area (Å²) in [7, 11) is -1.19. The lowest BCUT2D eigenvalue weighted by Crippen LogP contribution is -2.16. The number of hydrogen-bond acceptors (Lipinski definition) is 0. The summed E-state index contributed by atoms with van der Waals surface area (Å²) in [6.45, 7) is 6.78. The lowest BCUT2D eigenvalue weighted by Gasteiger charge is -2.02. The van der Waals surface area contributed by atoms with Crippen LogP contribution in [0, 0.1) is 23.3 Å². The van der Waals surface area contributed by atoms with E-state index >= 15 is 0 Å². The van der Waals surface area contributed by atoms with Crippen LogP contribution in [0.2, 0.25) is 19.6 Å². The van der Waals surface area contributed by atoms with Gasteiger partial charge in [0.25, 0.3) is 0 Å². The van der Waals surface area contributed by atoms with Gasteiger partial charge >= 0.3 is 0 Å². The standard InChI is InChI=1S/C15H18Si/c1-16(2,3)14-10-5-4-7-11-15-12-8-6-9-13-15/h6,8-9,12-13H,4-5H2,1-3H3. The van der Waals surface area contributed by atoms with Gasteiger partial charge in [-0.2, -0.15) is 0 Å². The van der Waals surface area contributed by atoms with Crippen LogP contribution in [0.3, 0.4) is 0 Å². The highest BCUT2D eigenvalue weighted by molar-refractivity contribution is 6.83. The smallest absolute Gasteiger partial charge is 0.129 e. The van der Waals surface area contributed by atoms with Gasteiger partial charge in [-0.3, -0.25) is 0 Å². The van der Waals surface area contributed by atoms with Crippen molar-refractivity contribution < 1.29 is 0 Å². The van der Waals surface area contributed by atoms with Crippen molar-refractivity contribution in [2.24, 2.45) is 0 Å². The van der Waals surface area contributed by atoms with Crippen molar-refractivity contribution in [3.63, 3.8) is 0 Å². The molecule has 0 heterocycles. The molecule has 0 spiro atoms. The maximum atomic E-state index is 3.34. The van der Waals surface area contributed by atoms with Gasteiger partial charge in [-0.15, -0.1) is 11.5 Å². The van der Waals surface area contributed by atoms with Gasteiger partial charge in [0.05, 0.1) is 0 Å². The number of hydrogen-bond donors (Lipinski definition) is 0. The fourth-order valence-corrected chi connectivity index (χ4v) is 1.79. The molecule has 0 N–H and O–H groups in total. The lowest BCUT2D eigenvalue weighted by atomic mass is 10.2. The SMILES string of the molecule is C[Si](C)(C)C#CCCC#Cc1ccccc1. The summed E-state index contributed by atoms with van der Waals surface area (Å²) in [5.74, 6) is 9.51. The van der Waals surface area contributed by atoms with Crippen molar-refractivity contribution >= 4 is 8.07 Å². The summed E-state index contributed by atoms with van der Waals surface area (Å²) >= 11 is 0. The minimum absolute atomic E-state index is 0.867. The second kappa shape index (κ2) is 6.21. The maximum Gasteiger partial charge on any atom is 0.129 e. The van der Waals surface area contributed by atoms with Gasteiger partial charge in [0.15, 0.2) is 0 Å². The fourth-order valence-electron chi connectivity index (χ4n) is 1.14. The first-order valence-corrected chi connectivity index (χ1v) is 9.12. The van der Waals surface area contributed by atoms with E-state index in [9.17, 15) is 0 Å². The first-order valence-electron chi connectivity index (χ1n) is 5.62. The minimum atomic E-state index is -1.19. The molecular formula is C15H18Si. The number of benzene rings is 1. The molecule has 1 aromatic carbocycles. The van der Waals surface area contributed by atoms with Crippen molar-refractivity contribution in [2.45, 2.75) is 32.5 Å². The fraction of sp³-hybridized carbons (Fsp3) is 0.333. The number of rotatable bonds is 1. The van der Waals surface area contributed by atoms with E-state index in [1.165, 1.54) is 0 Å². The zero-order chi connectivity index (χ0) is 11.9. The molecule has 0 saturated heterocycles. The van der Waals surface area contributed by atoms with Crippen molar-refractivity contribution in [3.05, 3.63) is 35.9 Å². The average Bonchev–Trinajstić information content (AvgIpc) is 2.23. The van der Waals surface area contributed by atoms with Crippen LogP contribution in [0.25, 0.3) is 0 Å². The molecule has 0 unspecified atom stereocenters. The average molecular weight is 226 g/mol. The minimum Gasteiger partial charge on any atom is -0.132 e. The third-order valence-electron chi connectivity index (χ3n) is 1.84. The monoisotopic (exact) mass is 226 g/mol. The van der Waals surface area contributed by atoms with Crippen LogP contribution < -0.4 is 0 Å². The summed E-state index contributed by atoms with van der Waals surface area (Å²) in [5.41, 5.74) is 4.43. The van der Waals surface area contributed by atoms with Gasteiger partial charge in [0.1, 0.15) is 8.07 Å². The Balaban J connectivity index is 2.37. The molecule has 1 aromatic rings. The molecule has 0 aliphatic carbocycles. The summed E-state index contributed by atoms with van der Waals surface area (Å²) in [4.78, 5) is 0. The molecular weight excluding hydrogens is 208 g/mol. The highest BCUT2D eigenvalue weighted by Crippen LogP contribution is 1.98. The van der Waals surface area contributed by atoms with E-state index in [-0.39, 0.29) is 0 Å². The third-order valence-corrected chi connectivity index (χ3v) is 2.77. The molecule has 0 aromatic heterocycles. The van der Waals surface area contributed by atoms with Gasteiger partial charge in [0.2, 0.25) is 0 Å². The van der Waals surface area contributed by atoms with Gasteiger partial charge < -0.3 is 0 Å². The van der Waals surface area contributed by atoms with Gasteiger partial charge in [-0.25, -0.2) is 0 Å². The second-order valence-corrected chi connectivity index (χ2v) is 9.47. The summed E-state index contributed by atoms with van der Waals surface area (Å²) in [6.07, 6.45) is 1.76. The zero-order valence-corrected chi connectivity index (χ0v) is 11.3. The Morgan fingerprint density at radius 3 is 2.19 bits per heavy atom. The molecule has 82 valence electrons. The van der Waals surface area contributed by atoms with E-state index in [1.54, 1.807) is 0 Å². The van der Waals surface area contributed by atoms with E-state index in [4.69, 9.17) is 0 Å². The molecule has 1 heteroatoms. The van der Waals surface area contributed by atoms with Crippen LogP contribution in [-0.4, -0.2) is 8.07 Å². The van der Waals surface area contributed by atoms with Gasteiger partial charge in [-0.05, 0) is 12.1 Å². The Morgan fingerprint density at radius 2 is 1.56 bits per heavy atom. The van der Waals surface area contributed by atoms with E-state index < -0.39 is 8.07 Å². The summed E-state index contributed by atoms with van der Waals surface area (Å²) in [6, 6.07) is 10.1. The van der Waals surface area contributed by atoms with E-state index in [0.29, 0.717) is 0 Å². The number of unbranched alkanes of at least 4 members (excludes halogenated alkanes) is 1. The van der Waals surface area contributed by atoms with Crippen LogP contribution >= 0.6 is 0 Å². The van der Waals surface area contributed by atoms with Crippen LogP contribution in [-0.2, 0) is 0 Å². The lowest BCUT2D eigenvalue weighted by molar-refractivity contribution is 1.12. The van der Waals surface area contributed by atoms with E-state index in [1.807, 2.05) is 30.3 Å². The molecule has 0 aliphatic heterocycles. The molecule has 0 aliphatic rings. The van der Waals surface area contributed by atoms with Crippen molar-refractivity contribution in [3.8, 4) is 23.3 Å². The van der Waals surface area contributed by atoms with E-state index in [2.05, 4.69) is 42.9 Å². The first kappa shape index (κ1) is 12.6. The molecule has 0 atom stereocenters. The predicted octanol–water partition coefficient (Wildman–Crippen LogP) is 3.70. The molecule has 16 heavy (non-hydrogen) atoms. The molecule has 0 radical (unpaired) electrons.